The number of phenolic OH excluding ortho intramolecular Hbond substituents is 2. The summed E-state index contributed by atoms with van der Waals surface area (Å²) in [5, 5.41) is 19.3. The van der Waals surface area contributed by atoms with Crippen LogP contribution in [0.5, 0.6) is 11.5 Å². The first-order chi connectivity index (χ1) is 10.5. The molecule has 0 atom stereocenters. The average molecular weight is 311 g/mol. The van der Waals surface area contributed by atoms with Gasteiger partial charge in [-0.3, -0.25) is 14.5 Å². The van der Waals surface area contributed by atoms with Gasteiger partial charge in [-0.05, 0) is 19.9 Å². The van der Waals surface area contributed by atoms with E-state index in [0.29, 0.717) is 5.56 Å². The van der Waals surface area contributed by atoms with E-state index in [-0.39, 0.29) is 44.3 Å². The van der Waals surface area contributed by atoms with Crippen molar-refractivity contribution < 1.29 is 29.3 Å². The average Bonchev–Trinajstić information content (AvgIpc) is 2.44. The summed E-state index contributed by atoms with van der Waals surface area (Å²) < 4.78 is 9.72. The van der Waals surface area contributed by atoms with Crippen LogP contribution >= 0.6 is 0 Å². The monoisotopic (exact) mass is 311 g/mol. The normalized spacial score (nSPS) is 10.5. The summed E-state index contributed by atoms with van der Waals surface area (Å²) in [6.45, 7) is 3.71. The quantitative estimate of drug-likeness (QED) is 0.546. The first-order valence-corrected chi connectivity index (χ1v) is 7.01. The Balaban J connectivity index is 2.82. The lowest BCUT2D eigenvalue weighted by Gasteiger charge is -2.21. The molecule has 0 radical (unpaired) electrons. The number of esters is 2. The van der Waals surface area contributed by atoms with Gasteiger partial charge in [0.15, 0.2) is 11.5 Å². The molecule has 1 rings (SSSR count). The Morgan fingerprint density at radius 3 is 2.09 bits per heavy atom. The van der Waals surface area contributed by atoms with E-state index in [0.717, 1.165) is 0 Å². The van der Waals surface area contributed by atoms with Crippen molar-refractivity contribution in [3.63, 3.8) is 0 Å². The predicted octanol–water partition coefficient (Wildman–Crippen LogP) is 1.03. The van der Waals surface area contributed by atoms with Crippen molar-refractivity contribution >= 4 is 11.9 Å². The van der Waals surface area contributed by atoms with Crippen molar-refractivity contribution in [2.45, 2.75) is 20.4 Å². The maximum Gasteiger partial charge on any atom is 0.320 e. The van der Waals surface area contributed by atoms with Gasteiger partial charge < -0.3 is 19.7 Å². The van der Waals surface area contributed by atoms with Gasteiger partial charge in [0.05, 0.1) is 26.3 Å². The van der Waals surface area contributed by atoms with Gasteiger partial charge in [-0.25, -0.2) is 0 Å². The van der Waals surface area contributed by atoms with E-state index in [2.05, 4.69) is 0 Å². The van der Waals surface area contributed by atoms with Crippen LogP contribution < -0.4 is 0 Å². The number of benzene rings is 1. The summed E-state index contributed by atoms with van der Waals surface area (Å²) in [4.78, 5) is 24.7. The largest absolute Gasteiger partial charge is 0.504 e. The van der Waals surface area contributed by atoms with Crippen LogP contribution in [0.2, 0.25) is 0 Å². The molecular formula is C15H21NO6. The maximum atomic E-state index is 11.6. The number of carbonyl (C=O) groups is 2. The molecule has 0 aliphatic carbocycles. The van der Waals surface area contributed by atoms with Crippen molar-refractivity contribution in [1.29, 1.82) is 0 Å². The Bertz CT molecular complexity index is 497. The molecule has 0 aliphatic rings. The number of rotatable bonds is 8. The zero-order chi connectivity index (χ0) is 16.5. The van der Waals surface area contributed by atoms with E-state index in [1.54, 1.807) is 26.0 Å². The van der Waals surface area contributed by atoms with Gasteiger partial charge in [0.25, 0.3) is 0 Å². The standard InChI is InChI=1S/C15H21NO6/c1-3-21-13(18)9-16(10-14(19)22-4-2)8-11-6-5-7-12(17)15(11)20/h5-7,17,20H,3-4,8-10H2,1-2H3. The Labute approximate surface area is 129 Å². The van der Waals surface area contributed by atoms with Gasteiger partial charge in [-0.1, -0.05) is 12.1 Å². The van der Waals surface area contributed by atoms with Crippen molar-refractivity contribution in [3.05, 3.63) is 23.8 Å². The van der Waals surface area contributed by atoms with Crippen LogP contribution in [0.15, 0.2) is 18.2 Å². The number of carbonyl (C=O) groups excluding carboxylic acids is 2. The van der Waals surface area contributed by atoms with Gasteiger partial charge in [-0.2, -0.15) is 0 Å². The number of nitrogens with zero attached hydrogens (tertiary/aromatic N) is 1. The molecule has 0 aliphatic heterocycles. The number of aromatic hydroxyl groups is 2. The minimum Gasteiger partial charge on any atom is -0.504 e. The van der Waals surface area contributed by atoms with Gasteiger partial charge in [0, 0.05) is 12.1 Å². The molecule has 0 amide bonds. The molecule has 7 nitrogen and oxygen atoms in total. The minimum atomic E-state index is -0.480. The van der Waals surface area contributed by atoms with Gasteiger partial charge in [0.2, 0.25) is 0 Å². The van der Waals surface area contributed by atoms with Crippen molar-refractivity contribution in [2.75, 3.05) is 26.3 Å². The second kappa shape index (κ2) is 8.89. The summed E-state index contributed by atoms with van der Waals surface area (Å²) in [5.74, 6) is -1.50. The van der Waals surface area contributed by atoms with E-state index in [1.165, 1.54) is 11.0 Å². The highest BCUT2D eigenvalue weighted by Crippen LogP contribution is 2.29. The SMILES string of the molecule is CCOC(=O)CN(CC(=O)OCC)Cc1cccc(O)c1O. The van der Waals surface area contributed by atoms with Crippen LogP contribution in [0.25, 0.3) is 0 Å². The Morgan fingerprint density at radius 2 is 1.59 bits per heavy atom. The molecule has 0 heterocycles. The Hall–Kier alpha value is -2.28. The van der Waals surface area contributed by atoms with Crippen LogP contribution in [0.3, 0.4) is 0 Å². The van der Waals surface area contributed by atoms with E-state index < -0.39 is 11.9 Å². The molecule has 2 N–H and O–H groups in total. The molecule has 1 aromatic rings. The van der Waals surface area contributed by atoms with Crippen molar-refractivity contribution in [3.8, 4) is 11.5 Å². The molecule has 122 valence electrons. The number of para-hydroxylation sites is 1. The zero-order valence-corrected chi connectivity index (χ0v) is 12.7. The van der Waals surface area contributed by atoms with Crippen LogP contribution in [-0.2, 0) is 25.6 Å². The van der Waals surface area contributed by atoms with E-state index >= 15 is 0 Å². The second-order valence-electron chi connectivity index (χ2n) is 4.54. The third kappa shape index (κ3) is 5.61. The highest BCUT2D eigenvalue weighted by molar-refractivity contribution is 5.75. The smallest absolute Gasteiger partial charge is 0.320 e. The molecule has 0 fully saturated rings. The van der Waals surface area contributed by atoms with Gasteiger partial charge in [0.1, 0.15) is 0 Å². The molecule has 0 spiro atoms. The molecule has 0 saturated carbocycles. The van der Waals surface area contributed by atoms with Crippen LogP contribution in [0.1, 0.15) is 19.4 Å². The summed E-state index contributed by atoms with van der Waals surface area (Å²) in [7, 11) is 0. The van der Waals surface area contributed by atoms with E-state index in [4.69, 9.17) is 9.47 Å². The third-order valence-corrected chi connectivity index (χ3v) is 2.81. The molecule has 0 bridgehead atoms. The molecular weight excluding hydrogens is 290 g/mol. The number of hydrogen-bond acceptors (Lipinski definition) is 7. The predicted molar refractivity (Wildman–Crippen MR) is 78.3 cm³/mol. The summed E-state index contributed by atoms with van der Waals surface area (Å²) in [5.41, 5.74) is 0.397. The molecule has 0 saturated heterocycles. The number of phenols is 2. The van der Waals surface area contributed by atoms with E-state index in [9.17, 15) is 19.8 Å². The molecule has 0 unspecified atom stereocenters. The Morgan fingerprint density at radius 1 is 1.05 bits per heavy atom. The summed E-state index contributed by atoms with van der Waals surface area (Å²) in [6, 6.07) is 4.51. The van der Waals surface area contributed by atoms with E-state index in [1.807, 2.05) is 0 Å². The van der Waals surface area contributed by atoms with Gasteiger partial charge in [-0.15, -0.1) is 0 Å². The fourth-order valence-electron chi connectivity index (χ4n) is 1.89. The summed E-state index contributed by atoms with van der Waals surface area (Å²) in [6.07, 6.45) is 0. The highest BCUT2D eigenvalue weighted by atomic mass is 16.5. The number of ether oxygens (including phenoxy) is 2. The van der Waals surface area contributed by atoms with Crippen molar-refractivity contribution in [1.82, 2.24) is 4.90 Å². The van der Waals surface area contributed by atoms with Gasteiger partial charge >= 0.3 is 11.9 Å². The maximum absolute atomic E-state index is 11.6. The fourth-order valence-corrected chi connectivity index (χ4v) is 1.89. The zero-order valence-electron chi connectivity index (χ0n) is 12.7. The molecule has 1 aromatic carbocycles. The van der Waals surface area contributed by atoms with Crippen molar-refractivity contribution in [2.24, 2.45) is 0 Å². The first-order valence-electron chi connectivity index (χ1n) is 7.01. The fraction of sp³-hybridized carbons (Fsp3) is 0.467. The lowest BCUT2D eigenvalue weighted by atomic mass is 10.1. The summed E-state index contributed by atoms with van der Waals surface area (Å²) >= 11 is 0. The lowest BCUT2D eigenvalue weighted by Crippen LogP contribution is -2.35. The van der Waals surface area contributed by atoms with Crippen LogP contribution in [0, 0.1) is 0 Å². The molecule has 0 aromatic heterocycles. The minimum absolute atomic E-state index is 0.0951. The highest BCUT2D eigenvalue weighted by Gasteiger charge is 2.18. The lowest BCUT2D eigenvalue weighted by molar-refractivity contribution is -0.148. The molecule has 7 heteroatoms. The first kappa shape index (κ1) is 17.8. The third-order valence-electron chi connectivity index (χ3n) is 2.81. The topological polar surface area (TPSA) is 96.3 Å². The number of hydrogen-bond donors (Lipinski definition) is 2. The molecule has 22 heavy (non-hydrogen) atoms. The van der Waals surface area contributed by atoms with Crippen LogP contribution in [0.4, 0.5) is 0 Å². The Kier molecular flexibility index (Phi) is 7.18. The second-order valence-corrected chi connectivity index (χ2v) is 4.54. The van der Waals surface area contributed by atoms with Crippen LogP contribution in [-0.4, -0.2) is 53.4 Å².